The summed E-state index contributed by atoms with van der Waals surface area (Å²) in [6.45, 7) is 0.0264. The van der Waals surface area contributed by atoms with Gasteiger partial charge in [-0.3, -0.25) is 4.98 Å². The first kappa shape index (κ1) is 12.9. The van der Waals surface area contributed by atoms with Crippen LogP contribution in [0.1, 0.15) is 34.8 Å². The standard InChI is InChI=1S/C15H15NO4/c17-5-6-20-13-8-10(15(18)19)7-12-11(13)3-4-16-14(12)9-1-2-9/h3-4,7-9,17H,1-2,5-6H2,(H,18,19). The number of aliphatic hydroxyl groups is 1. The number of carbonyl (C=O) groups is 1. The molecule has 1 aliphatic rings. The molecule has 0 atom stereocenters. The van der Waals surface area contributed by atoms with E-state index < -0.39 is 5.97 Å². The molecule has 2 N–H and O–H groups in total. The average Bonchev–Trinajstić information content (AvgIpc) is 3.28. The number of benzene rings is 1. The molecule has 1 aromatic heterocycles. The Morgan fingerprint density at radius 2 is 2.15 bits per heavy atom. The number of aromatic carboxylic acids is 1. The van der Waals surface area contributed by atoms with Crippen LogP contribution in [0.4, 0.5) is 0 Å². The van der Waals surface area contributed by atoms with Crippen LogP contribution in [0.2, 0.25) is 0 Å². The summed E-state index contributed by atoms with van der Waals surface area (Å²) in [6, 6.07) is 4.97. The molecule has 0 aliphatic heterocycles. The van der Waals surface area contributed by atoms with Gasteiger partial charge in [-0.05, 0) is 31.0 Å². The summed E-state index contributed by atoms with van der Waals surface area (Å²) in [5, 5.41) is 19.8. The molecule has 5 heteroatoms. The largest absolute Gasteiger partial charge is 0.491 e. The highest BCUT2D eigenvalue weighted by Gasteiger charge is 2.27. The van der Waals surface area contributed by atoms with Crippen LogP contribution < -0.4 is 4.74 Å². The van der Waals surface area contributed by atoms with E-state index >= 15 is 0 Å². The van der Waals surface area contributed by atoms with E-state index in [1.54, 1.807) is 12.3 Å². The van der Waals surface area contributed by atoms with Gasteiger partial charge in [0, 0.05) is 22.9 Å². The highest BCUT2D eigenvalue weighted by molar-refractivity contribution is 5.98. The molecular formula is C15H15NO4. The summed E-state index contributed by atoms with van der Waals surface area (Å²) in [5.41, 5.74) is 1.12. The van der Waals surface area contributed by atoms with Crippen molar-refractivity contribution in [2.45, 2.75) is 18.8 Å². The maximum atomic E-state index is 11.2. The second kappa shape index (κ2) is 5.09. The molecule has 1 saturated carbocycles. The van der Waals surface area contributed by atoms with Crippen molar-refractivity contribution >= 4 is 16.7 Å². The topological polar surface area (TPSA) is 79.7 Å². The maximum Gasteiger partial charge on any atom is 0.335 e. The van der Waals surface area contributed by atoms with Crippen LogP contribution in [0.3, 0.4) is 0 Å². The van der Waals surface area contributed by atoms with Crippen LogP contribution >= 0.6 is 0 Å². The summed E-state index contributed by atoms with van der Waals surface area (Å²) < 4.78 is 5.47. The summed E-state index contributed by atoms with van der Waals surface area (Å²) in [6.07, 6.45) is 3.91. The molecule has 1 heterocycles. The fraction of sp³-hybridized carbons (Fsp3) is 0.333. The normalized spacial score (nSPS) is 14.4. The van der Waals surface area contributed by atoms with Crippen molar-refractivity contribution in [3.8, 4) is 5.75 Å². The number of pyridine rings is 1. The lowest BCUT2D eigenvalue weighted by Gasteiger charge is -2.12. The molecule has 0 spiro atoms. The fourth-order valence-electron chi connectivity index (χ4n) is 2.35. The van der Waals surface area contributed by atoms with Crippen LogP contribution in [0, 0.1) is 0 Å². The predicted molar refractivity (Wildman–Crippen MR) is 73.3 cm³/mol. The fourth-order valence-corrected chi connectivity index (χ4v) is 2.35. The highest BCUT2D eigenvalue weighted by Crippen LogP contribution is 2.43. The quantitative estimate of drug-likeness (QED) is 0.872. The second-order valence-electron chi connectivity index (χ2n) is 4.92. The van der Waals surface area contributed by atoms with Crippen molar-refractivity contribution in [1.29, 1.82) is 0 Å². The Morgan fingerprint density at radius 3 is 2.80 bits per heavy atom. The Labute approximate surface area is 115 Å². The van der Waals surface area contributed by atoms with Gasteiger partial charge in [0.25, 0.3) is 0 Å². The number of ether oxygens (including phenoxy) is 1. The molecule has 0 amide bonds. The van der Waals surface area contributed by atoms with Gasteiger partial charge in [-0.2, -0.15) is 0 Å². The zero-order valence-electron chi connectivity index (χ0n) is 10.9. The number of carboxylic acid groups (broad SMARTS) is 1. The Balaban J connectivity index is 2.19. The van der Waals surface area contributed by atoms with E-state index in [0.29, 0.717) is 11.7 Å². The first-order chi connectivity index (χ1) is 9.70. The average molecular weight is 273 g/mol. The summed E-state index contributed by atoms with van der Waals surface area (Å²) in [7, 11) is 0. The maximum absolute atomic E-state index is 11.2. The minimum absolute atomic E-state index is 0.112. The van der Waals surface area contributed by atoms with Gasteiger partial charge < -0.3 is 14.9 Å². The van der Waals surface area contributed by atoms with Crippen LogP contribution in [0.15, 0.2) is 24.4 Å². The number of hydrogen-bond acceptors (Lipinski definition) is 4. The van der Waals surface area contributed by atoms with Crippen LogP contribution in [0.25, 0.3) is 10.8 Å². The van der Waals surface area contributed by atoms with E-state index in [0.717, 1.165) is 29.3 Å². The highest BCUT2D eigenvalue weighted by atomic mass is 16.5. The molecule has 0 bridgehead atoms. The van der Waals surface area contributed by atoms with E-state index in [4.69, 9.17) is 9.84 Å². The molecule has 20 heavy (non-hydrogen) atoms. The third-order valence-corrected chi connectivity index (χ3v) is 3.43. The SMILES string of the molecule is O=C(O)c1cc(OCCO)c2ccnc(C3CC3)c2c1. The number of hydrogen-bond donors (Lipinski definition) is 2. The molecule has 0 saturated heterocycles. The van der Waals surface area contributed by atoms with Gasteiger partial charge in [0.05, 0.1) is 17.9 Å². The van der Waals surface area contributed by atoms with Crippen LogP contribution in [-0.4, -0.2) is 34.4 Å². The number of nitrogens with zero attached hydrogens (tertiary/aromatic N) is 1. The Hall–Kier alpha value is -2.14. The summed E-state index contributed by atoms with van der Waals surface area (Å²) >= 11 is 0. The van der Waals surface area contributed by atoms with Gasteiger partial charge in [-0.15, -0.1) is 0 Å². The van der Waals surface area contributed by atoms with Gasteiger partial charge in [0.1, 0.15) is 12.4 Å². The second-order valence-corrected chi connectivity index (χ2v) is 4.92. The van der Waals surface area contributed by atoms with Crippen molar-refractivity contribution in [3.05, 3.63) is 35.7 Å². The summed E-state index contributed by atoms with van der Waals surface area (Å²) in [5.74, 6) is -0.0852. The third kappa shape index (κ3) is 2.32. The van der Waals surface area contributed by atoms with E-state index in [1.165, 1.54) is 6.07 Å². The molecule has 1 aromatic carbocycles. The lowest BCUT2D eigenvalue weighted by molar-refractivity contribution is 0.0696. The number of aromatic nitrogens is 1. The van der Waals surface area contributed by atoms with Crippen molar-refractivity contribution in [2.75, 3.05) is 13.2 Å². The molecule has 1 aliphatic carbocycles. The Morgan fingerprint density at radius 1 is 1.35 bits per heavy atom. The van der Waals surface area contributed by atoms with Crippen molar-refractivity contribution in [2.24, 2.45) is 0 Å². The van der Waals surface area contributed by atoms with Gasteiger partial charge in [0.2, 0.25) is 0 Å². The van der Waals surface area contributed by atoms with Crippen molar-refractivity contribution in [1.82, 2.24) is 4.98 Å². The number of carboxylic acids is 1. The zero-order valence-corrected chi connectivity index (χ0v) is 10.9. The molecule has 1 fully saturated rings. The first-order valence-corrected chi connectivity index (χ1v) is 6.60. The van der Waals surface area contributed by atoms with Gasteiger partial charge >= 0.3 is 5.97 Å². The molecule has 0 unspecified atom stereocenters. The van der Waals surface area contributed by atoms with E-state index in [-0.39, 0.29) is 18.8 Å². The Bertz CT molecular complexity index is 664. The van der Waals surface area contributed by atoms with Crippen LogP contribution in [-0.2, 0) is 0 Å². The van der Waals surface area contributed by atoms with Gasteiger partial charge in [-0.25, -0.2) is 4.79 Å². The smallest absolute Gasteiger partial charge is 0.335 e. The van der Waals surface area contributed by atoms with E-state index in [9.17, 15) is 9.90 Å². The molecule has 0 radical (unpaired) electrons. The van der Waals surface area contributed by atoms with Crippen molar-refractivity contribution < 1.29 is 19.7 Å². The number of fused-ring (bicyclic) bond motifs is 1. The third-order valence-electron chi connectivity index (χ3n) is 3.43. The molecule has 104 valence electrons. The zero-order chi connectivity index (χ0) is 14.1. The summed E-state index contributed by atoms with van der Waals surface area (Å²) in [4.78, 5) is 15.6. The Kier molecular flexibility index (Phi) is 3.28. The van der Waals surface area contributed by atoms with Crippen molar-refractivity contribution in [3.63, 3.8) is 0 Å². The lowest BCUT2D eigenvalue weighted by Crippen LogP contribution is -2.05. The minimum Gasteiger partial charge on any atom is -0.491 e. The van der Waals surface area contributed by atoms with Gasteiger partial charge in [0.15, 0.2) is 0 Å². The molecule has 5 nitrogen and oxygen atoms in total. The van der Waals surface area contributed by atoms with E-state index in [1.807, 2.05) is 6.07 Å². The lowest BCUT2D eigenvalue weighted by atomic mass is 10.0. The number of aliphatic hydroxyl groups excluding tert-OH is 1. The number of rotatable bonds is 5. The van der Waals surface area contributed by atoms with Gasteiger partial charge in [-0.1, -0.05) is 0 Å². The first-order valence-electron chi connectivity index (χ1n) is 6.60. The van der Waals surface area contributed by atoms with E-state index in [2.05, 4.69) is 4.98 Å². The monoisotopic (exact) mass is 273 g/mol. The molecular weight excluding hydrogens is 258 g/mol. The van der Waals surface area contributed by atoms with Crippen LogP contribution in [0.5, 0.6) is 5.75 Å². The molecule has 2 aromatic rings. The minimum atomic E-state index is -0.994. The predicted octanol–water partition coefficient (Wildman–Crippen LogP) is 2.18. The molecule has 3 rings (SSSR count).